The van der Waals surface area contributed by atoms with Crippen LogP contribution in [0.5, 0.6) is 0 Å². The van der Waals surface area contributed by atoms with Crippen LogP contribution in [0.15, 0.2) is 29.1 Å². The third kappa shape index (κ3) is 4.23. The number of aryl methyl sites for hydroxylation is 1. The van der Waals surface area contributed by atoms with Gasteiger partial charge in [0, 0.05) is 19.5 Å². The SMILES string of the molecule is CCN(CC)CCn1c(Cc2ccccc2F)nc2sc(C(=O)O)c(C)c2c1=O. The van der Waals surface area contributed by atoms with Gasteiger partial charge in [-0.1, -0.05) is 32.0 Å². The van der Waals surface area contributed by atoms with Gasteiger partial charge in [0.15, 0.2) is 0 Å². The second kappa shape index (κ2) is 8.84. The Hall–Kier alpha value is -2.58. The van der Waals surface area contributed by atoms with Gasteiger partial charge in [-0.25, -0.2) is 14.2 Å². The predicted octanol–water partition coefficient (Wildman–Crippen LogP) is 3.54. The molecule has 1 aromatic carbocycles. The maximum atomic E-state index is 14.2. The Morgan fingerprint density at radius 2 is 1.97 bits per heavy atom. The maximum Gasteiger partial charge on any atom is 0.346 e. The Kier molecular flexibility index (Phi) is 6.44. The van der Waals surface area contributed by atoms with E-state index in [4.69, 9.17) is 0 Å². The highest BCUT2D eigenvalue weighted by atomic mass is 32.1. The van der Waals surface area contributed by atoms with Crippen molar-refractivity contribution >= 4 is 27.5 Å². The number of rotatable bonds is 8. The van der Waals surface area contributed by atoms with Crippen molar-refractivity contribution in [1.29, 1.82) is 0 Å². The number of hydrogen-bond acceptors (Lipinski definition) is 5. The summed E-state index contributed by atoms with van der Waals surface area (Å²) >= 11 is 0.989. The zero-order valence-electron chi connectivity index (χ0n) is 16.7. The number of aromatic nitrogens is 2. The molecule has 6 nitrogen and oxygen atoms in total. The van der Waals surface area contributed by atoms with Gasteiger partial charge in [0.2, 0.25) is 0 Å². The first kappa shape index (κ1) is 21.1. The van der Waals surface area contributed by atoms with Gasteiger partial charge in [0.25, 0.3) is 5.56 Å². The molecule has 0 amide bonds. The summed E-state index contributed by atoms with van der Waals surface area (Å²) < 4.78 is 15.8. The Morgan fingerprint density at radius 1 is 1.28 bits per heavy atom. The number of aromatic carboxylic acids is 1. The van der Waals surface area contributed by atoms with E-state index in [0.29, 0.717) is 40.3 Å². The average molecular weight is 418 g/mol. The fourth-order valence-electron chi connectivity index (χ4n) is 3.42. The van der Waals surface area contributed by atoms with Gasteiger partial charge in [-0.05, 0) is 37.2 Å². The van der Waals surface area contributed by atoms with Crippen molar-refractivity contribution in [2.75, 3.05) is 19.6 Å². The van der Waals surface area contributed by atoms with Crippen molar-refractivity contribution in [2.24, 2.45) is 0 Å². The molecule has 0 atom stereocenters. The highest BCUT2D eigenvalue weighted by Gasteiger charge is 2.21. The van der Waals surface area contributed by atoms with Gasteiger partial charge < -0.3 is 10.0 Å². The molecule has 0 fully saturated rings. The molecule has 1 N–H and O–H groups in total. The number of carboxylic acid groups (broad SMARTS) is 1. The Labute approximate surface area is 172 Å². The fraction of sp³-hybridized carbons (Fsp3) is 0.381. The van der Waals surface area contributed by atoms with Crippen molar-refractivity contribution in [2.45, 2.75) is 33.7 Å². The van der Waals surface area contributed by atoms with E-state index in [2.05, 4.69) is 23.7 Å². The van der Waals surface area contributed by atoms with Crippen molar-refractivity contribution in [3.05, 3.63) is 62.3 Å². The summed E-state index contributed by atoms with van der Waals surface area (Å²) in [5.74, 6) is -0.987. The van der Waals surface area contributed by atoms with Crippen molar-refractivity contribution in [1.82, 2.24) is 14.5 Å². The Balaban J connectivity index is 2.15. The third-order valence-corrected chi connectivity index (χ3v) is 6.34. The van der Waals surface area contributed by atoms with E-state index in [1.165, 1.54) is 6.07 Å². The predicted molar refractivity (Wildman–Crippen MR) is 113 cm³/mol. The van der Waals surface area contributed by atoms with Gasteiger partial charge in [-0.3, -0.25) is 9.36 Å². The standard InChI is InChI=1S/C21H24FN3O3S/c1-4-24(5-2)10-11-25-16(12-14-8-6-7-9-15(14)22)23-19-17(20(25)26)13(3)18(29-19)21(27)28/h6-9H,4-5,10-12H2,1-3H3,(H,27,28). The summed E-state index contributed by atoms with van der Waals surface area (Å²) in [7, 11) is 0. The van der Waals surface area contributed by atoms with Crippen LogP contribution in [-0.4, -0.2) is 45.2 Å². The lowest BCUT2D eigenvalue weighted by Gasteiger charge is -2.20. The quantitative estimate of drug-likeness (QED) is 0.607. The number of carboxylic acids is 1. The van der Waals surface area contributed by atoms with Crippen LogP contribution in [0.1, 0.15) is 40.5 Å². The molecule has 0 aliphatic heterocycles. The molecular weight excluding hydrogens is 393 g/mol. The molecule has 0 aliphatic rings. The van der Waals surface area contributed by atoms with Crippen LogP contribution in [0.25, 0.3) is 10.2 Å². The van der Waals surface area contributed by atoms with Gasteiger partial charge >= 0.3 is 5.97 Å². The fourth-order valence-corrected chi connectivity index (χ4v) is 4.45. The van der Waals surface area contributed by atoms with Crippen LogP contribution in [0.2, 0.25) is 0 Å². The number of hydrogen-bond donors (Lipinski definition) is 1. The Bertz CT molecular complexity index is 1100. The first-order chi connectivity index (χ1) is 13.9. The van der Waals surface area contributed by atoms with Crippen LogP contribution in [0, 0.1) is 12.7 Å². The largest absolute Gasteiger partial charge is 0.477 e. The minimum atomic E-state index is -1.07. The molecule has 2 aromatic heterocycles. The molecule has 0 bridgehead atoms. The monoisotopic (exact) mass is 417 g/mol. The van der Waals surface area contributed by atoms with Crippen molar-refractivity contribution in [3.8, 4) is 0 Å². The van der Waals surface area contributed by atoms with Crippen LogP contribution < -0.4 is 5.56 Å². The van der Waals surface area contributed by atoms with E-state index in [1.807, 2.05) is 0 Å². The molecule has 154 valence electrons. The summed E-state index contributed by atoms with van der Waals surface area (Å²) in [6.45, 7) is 8.50. The number of halogens is 1. The average Bonchev–Trinajstić information content (AvgIpc) is 3.03. The first-order valence-corrected chi connectivity index (χ1v) is 10.4. The maximum absolute atomic E-state index is 14.2. The molecule has 29 heavy (non-hydrogen) atoms. The summed E-state index contributed by atoms with van der Waals surface area (Å²) in [5.41, 5.74) is 0.612. The zero-order chi connectivity index (χ0) is 21.1. The molecule has 0 spiro atoms. The van der Waals surface area contributed by atoms with E-state index in [1.54, 1.807) is 29.7 Å². The van der Waals surface area contributed by atoms with Crippen LogP contribution in [-0.2, 0) is 13.0 Å². The van der Waals surface area contributed by atoms with E-state index >= 15 is 0 Å². The normalized spacial score (nSPS) is 11.5. The van der Waals surface area contributed by atoms with E-state index in [-0.39, 0.29) is 22.7 Å². The molecular formula is C21H24FN3O3S. The molecule has 0 radical (unpaired) electrons. The summed E-state index contributed by atoms with van der Waals surface area (Å²) in [6.07, 6.45) is 0.162. The molecule has 0 aliphatic carbocycles. The highest BCUT2D eigenvalue weighted by Crippen LogP contribution is 2.28. The number of nitrogens with zero attached hydrogens (tertiary/aromatic N) is 3. The van der Waals surface area contributed by atoms with Crippen LogP contribution in [0.4, 0.5) is 4.39 Å². The molecule has 8 heteroatoms. The third-order valence-electron chi connectivity index (χ3n) is 5.16. The molecule has 0 saturated carbocycles. The summed E-state index contributed by atoms with van der Waals surface area (Å²) in [5, 5.41) is 9.76. The topological polar surface area (TPSA) is 75.4 Å². The molecule has 3 rings (SSSR count). The summed E-state index contributed by atoms with van der Waals surface area (Å²) in [4.78, 5) is 32.1. The zero-order valence-corrected chi connectivity index (χ0v) is 17.6. The molecule has 2 heterocycles. The Morgan fingerprint density at radius 3 is 2.59 bits per heavy atom. The number of fused-ring (bicyclic) bond motifs is 1. The second-order valence-electron chi connectivity index (χ2n) is 6.82. The van der Waals surface area contributed by atoms with E-state index < -0.39 is 5.97 Å². The molecule has 0 unspecified atom stereocenters. The van der Waals surface area contributed by atoms with Gasteiger partial charge in [-0.15, -0.1) is 11.3 Å². The molecule has 3 aromatic rings. The minimum absolute atomic E-state index is 0.114. The van der Waals surface area contributed by atoms with Gasteiger partial charge in [-0.2, -0.15) is 0 Å². The summed E-state index contributed by atoms with van der Waals surface area (Å²) in [6, 6.07) is 6.41. The molecule has 0 saturated heterocycles. The smallest absolute Gasteiger partial charge is 0.346 e. The number of thiophene rings is 1. The second-order valence-corrected chi connectivity index (χ2v) is 7.82. The lowest BCUT2D eigenvalue weighted by molar-refractivity contribution is 0.0701. The number of benzene rings is 1. The van der Waals surface area contributed by atoms with E-state index in [0.717, 1.165) is 24.4 Å². The first-order valence-electron chi connectivity index (χ1n) is 9.59. The van der Waals surface area contributed by atoms with Crippen molar-refractivity contribution in [3.63, 3.8) is 0 Å². The van der Waals surface area contributed by atoms with E-state index in [9.17, 15) is 19.1 Å². The van der Waals surface area contributed by atoms with Crippen LogP contribution >= 0.6 is 11.3 Å². The number of carbonyl (C=O) groups is 1. The number of likely N-dealkylation sites (N-methyl/N-ethyl adjacent to an activating group) is 1. The van der Waals surface area contributed by atoms with Gasteiger partial charge in [0.05, 0.1) is 5.39 Å². The lowest BCUT2D eigenvalue weighted by atomic mass is 10.1. The highest BCUT2D eigenvalue weighted by molar-refractivity contribution is 7.20. The minimum Gasteiger partial charge on any atom is -0.477 e. The van der Waals surface area contributed by atoms with Crippen molar-refractivity contribution < 1.29 is 14.3 Å². The van der Waals surface area contributed by atoms with Crippen LogP contribution in [0.3, 0.4) is 0 Å². The van der Waals surface area contributed by atoms with Gasteiger partial charge in [0.1, 0.15) is 21.3 Å². The lowest BCUT2D eigenvalue weighted by Crippen LogP contribution is -2.33.